The molecule has 1 fully saturated rings. The van der Waals surface area contributed by atoms with E-state index in [9.17, 15) is 4.79 Å². The van der Waals surface area contributed by atoms with Gasteiger partial charge in [-0.2, -0.15) is 0 Å². The number of aliphatic carboxylic acids is 1. The zero-order chi connectivity index (χ0) is 11.5. The van der Waals surface area contributed by atoms with Crippen LogP contribution in [0, 0.1) is 17.3 Å². The average Bonchev–Trinajstić information content (AvgIpc) is 2.14. The van der Waals surface area contributed by atoms with Crippen molar-refractivity contribution in [1.82, 2.24) is 0 Å². The first-order valence-electron chi connectivity index (χ1n) is 5.80. The molecule has 0 aromatic rings. The monoisotopic (exact) mass is 210 g/mol. The Balaban J connectivity index is 2.39. The summed E-state index contributed by atoms with van der Waals surface area (Å²) in [5.74, 6) is 0.458. The van der Waals surface area contributed by atoms with Gasteiger partial charge in [-0.05, 0) is 42.9 Å². The molecule has 0 atom stereocenters. The lowest BCUT2D eigenvalue weighted by Crippen LogP contribution is -2.25. The third-order valence-corrected chi connectivity index (χ3v) is 3.51. The van der Waals surface area contributed by atoms with Crippen LogP contribution in [0.15, 0.2) is 12.2 Å². The van der Waals surface area contributed by atoms with Crippen molar-refractivity contribution in [2.24, 2.45) is 17.3 Å². The highest BCUT2D eigenvalue weighted by molar-refractivity contribution is 5.79. The van der Waals surface area contributed by atoms with Crippen LogP contribution >= 0.6 is 0 Å². The highest BCUT2D eigenvalue weighted by atomic mass is 16.4. The second kappa shape index (κ2) is 4.82. The fraction of sp³-hybridized carbons (Fsp3) is 0.769. The first-order chi connectivity index (χ1) is 6.89. The molecule has 1 N–H and O–H groups in total. The lowest BCUT2D eigenvalue weighted by molar-refractivity contribution is -0.131. The second-order valence-electron chi connectivity index (χ2n) is 5.68. The largest absolute Gasteiger partial charge is 0.478 e. The number of carbonyl (C=O) groups is 1. The van der Waals surface area contributed by atoms with Crippen LogP contribution in [-0.2, 0) is 4.79 Å². The maximum atomic E-state index is 10.4. The van der Waals surface area contributed by atoms with Crippen molar-refractivity contribution in [1.29, 1.82) is 0 Å². The molecule has 0 spiro atoms. The quantitative estimate of drug-likeness (QED) is 0.708. The van der Waals surface area contributed by atoms with E-state index >= 15 is 0 Å². The molecule has 0 aromatic carbocycles. The maximum absolute atomic E-state index is 10.4. The molecule has 2 nitrogen and oxygen atoms in total. The van der Waals surface area contributed by atoms with Crippen molar-refractivity contribution in [2.75, 3.05) is 0 Å². The molecular formula is C13H22O2. The maximum Gasteiger partial charge on any atom is 0.327 e. The summed E-state index contributed by atoms with van der Waals surface area (Å²) in [6.45, 7) is 6.89. The molecule has 15 heavy (non-hydrogen) atoms. The lowest BCUT2D eigenvalue weighted by atomic mass is 9.70. The Morgan fingerprint density at radius 2 is 1.73 bits per heavy atom. The Hall–Kier alpha value is -0.790. The van der Waals surface area contributed by atoms with Gasteiger partial charge in [0.2, 0.25) is 0 Å². The van der Waals surface area contributed by atoms with E-state index in [1.54, 1.807) is 0 Å². The third kappa shape index (κ3) is 4.06. The Morgan fingerprint density at radius 3 is 2.13 bits per heavy atom. The summed E-state index contributed by atoms with van der Waals surface area (Å²) in [5, 5.41) is 8.54. The SMILES string of the molecule is CC(C)(C)C1CCC(C=CC(=O)O)CC1. The summed E-state index contributed by atoms with van der Waals surface area (Å²) < 4.78 is 0. The molecule has 1 rings (SSSR count). The van der Waals surface area contributed by atoms with Gasteiger partial charge in [-0.15, -0.1) is 0 Å². The molecule has 0 unspecified atom stereocenters. The highest BCUT2D eigenvalue weighted by Gasteiger charge is 2.28. The van der Waals surface area contributed by atoms with Crippen LogP contribution in [0.4, 0.5) is 0 Å². The van der Waals surface area contributed by atoms with E-state index in [-0.39, 0.29) is 0 Å². The zero-order valence-corrected chi connectivity index (χ0v) is 9.99. The Labute approximate surface area is 92.4 Å². The van der Waals surface area contributed by atoms with Gasteiger partial charge in [0.05, 0.1) is 0 Å². The Morgan fingerprint density at radius 1 is 1.20 bits per heavy atom. The lowest BCUT2D eigenvalue weighted by Gasteiger charge is -2.36. The van der Waals surface area contributed by atoms with E-state index in [0.717, 1.165) is 18.8 Å². The van der Waals surface area contributed by atoms with Gasteiger partial charge in [-0.3, -0.25) is 0 Å². The van der Waals surface area contributed by atoms with Crippen LogP contribution in [0.5, 0.6) is 0 Å². The van der Waals surface area contributed by atoms with Crippen molar-refractivity contribution < 1.29 is 9.90 Å². The van der Waals surface area contributed by atoms with Crippen LogP contribution < -0.4 is 0 Å². The van der Waals surface area contributed by atoms with Gasteiger partial charge in [0.25, 0.3) is 0 Å². The van der Waals surface area contributed by atoms with Crippen LogP contribution in [0.3, 0.4) is 0 Å². The smallest absolute Gasteiger partial charge is 0.327 e. The van der Waals surface area contributed by atoms with E-state index in [2.05, 4.69) is 20.8 Å². The molecule has 0 radical (unpaired) electrons. The molecule has 0 aliphatic heterocycles. The van der Waals surface area contributed by atoms with Crippen molar-refractivity contribution in [2.45, 2.75) is 46.5 Å². The summed E-state index contributed by atoms with van der Waals surface area (Å²) in [6, 6.07) is 0. The van der Waals surface area contributed by atoms with Crippen LogP contribution in [0.2, 0.25) is 0 Å². The molecule has 0 saturated heterocycles. The predicted molar refractivity (Wildman–Crippen MR) is 61.7 cm³/mol. The number of hydrogen-bond acceptors (Lipinski definition) is 1. The van der Waals surface area contributed by atoms with Crippen molar-refractivity contribution in [3.63, 3.8) is 0 Å². The van der Waals surface area contributed by atoms with Gasteiger partial charge in [-0.25, -0.2) is 4.79 Å². The van der Waals surface area contributed by atoms with Crippen molar-refractivity contribution in [3.05, 3.63) is 12.2 Å². The van der Waals surface area contributed by atoms with E-state index in [1.165, 1.54) is 18.9 Å². The number of carboxylic acids is 1. The van der Waals surface area contributed by atoms with Crippen LogP contribution in [0.1, 0.15) is 46.5 Å². The first kappa shape index (κ1) is 12.3. The molecule has 86 valence electrons. The van der Waals surface area contributed by atoms with E-state index < -0.39 is 5.97 Å². The fourth-order valence-corrected chi connectivity index (χ4v) is 2.40. The minimum absolute atomic E-state index is 0.404. The molecule has 0 heterocycles. The van der Waals surface area contributed by atoms with E-state index in [4.69, 9.17) is 5.11 Å². The van der Waals surface area contributed by atoms with Gasteiger partial charge in [0.15, 0.2) is 0 Å². The molecular weight excluding hydrogens is 188 g/mol. The molecule has 1 aliphatic rings. The Bertz CT molecular complexity index is 240. The summed E-state index contributed by atoms with van der Waals surface area (Å²) in [5.41, 5.74) is 0.404. The zero-order valence-electron chi connectivity index (χ0n) is 9.99. The molecule has 0 bridgehead atoms. The molecule has 1 saturated carbocycles. The van der Waals surface area contributed by atoms with Gasteiger partial charge >= 0.3 is 5.97 Å². The fourth-order valence-electron chi connectivity index (χ4n) is 2.40. The van der Waals surface area contributed by atoms with Gasteiger partial charge in [0.1, 0.15) is 0 Å². The van der Waals surface area contributed by atoms with Crippen LogP contribution in [0.25, 0.3) is 0 Å². The molecule has 0 amide bonds. The minimum Gasteiger partial charge on any atom is -0.478 e. The van der Waals surface area contributed by atoms with Crippen molar-refractivity contribution in [3.8, 4) is 0 Å². The Kier molecular flexibility index (Phi) is 3.95. The molecule has 0 aromatic heterocycles. The number of carboxylic acid groups (broad SMARTS) is 1. The van der Waals surface area contributed by atoms with Gasteiger partial charge < -0.3 is 5.11 Å². The summed E-state index contributed by atoms with van der Waals surface area (Å²) in [7, 11) is 0. The standard InChI is InChI=1S/C13H22O2/c1-13(2,3)11-7-4-10(5-8-11)6-9-12(14)15/h6,9-11H,4-5,7-8H2,1-3H3,(H,14,15). The first-order valence-corrected chi connectivity index (χ1v) is 5.80. The van der Waals surface area contributed by atoms with E-state index in [0.29, 0.717) is 11.3 Å². The second-order valence-corrected chi connectivity index (χ2v) is 5.68. The van der Waals surface area contributed by atoms with Gasteiger partial charge in [-0.1, -0.05) is 26.8 Å². The normalized spacial score (nSPS) is 28.2. The predicted octanol–water partition coefficient (Wildman–Crippen LogP) is 3.48. The summed E-state index contributed by atoms with van der Waals surface area (Å²) in [6.07, 6.45) is 7.91. The summed E-state index contributed by atoms with van der Waals surface area (Å²) in [4.78, 5) is 10.4. The van der Waals surface area contributed by atoms with Crippen LogP contribution in [-0.4, -0.2) is 11.1 Å². The highest BCUT2D eigenvalue weighted by Crippen LogP contribution is 2.39. The number of hydrogen-bond donors (Lipinski definition) is 1. The molecule has 1 aliphatic carbocycles. The third-order valence-electron chi connectivity index (χ3n) is 3.51. The average molecular weight is 210 g/mol. The topological polar surface area (TPSA) is 37.3 Å². The number of allylic oxidation sites excluding steroid dienone is 1. The number of rotatable bonds is 2. The van der Waals surface area contributed by atoms with Gasteiger partial charge in [0, 0.05) is 6.08 Å². The van der Waals surface area contributed by atoms with Crippen molar-refractivity contribution >= 4 is 5.97 Å². The minimum atomic E-state index is -0.826. The molecule has 2 heteroatoms. The van der Waals surface area contributed by atoms with E-state index in [1.807, 2.05) is 6.08 Å². The summed E-state index contributed by atoms with van der Waals surface area (Å²) >= 11 is 0.